The Bertz CT molecular complexity index is 1320. The summed E-state index contributed by atoms with van der Waals surface area (Å²) in [7, 11) is 0. The topological polar surface area (TPSA) is 80.3 Å². The van der Waals surface area contributed by atoms with Gasteiger partial charge in [-0.1, -0.05) is 17.7 Å². The first-order chi connectivity index (χ1) is 16.0. The molecule has 1 aliphatic heterocycles. The van der Waals surface area contributed by atoms with Crippen LogP contribution in [0, 0.1) is 6.92 Å². The highest BCUT2D eigenvalue weighted by atomic mass is 32.1. The molecule has 8 nitrogen and oxygen atoms in total. The fourth-order valence-electron chi connectivity index (χ4n) is 3.82. The van der Waals surface area contributed by atoms with Crippen molar-refractivity contribution in [3.8, 4) is 5.75 Å². The van der Waals surface area contributed by atoms with Crippen LogP contribution in [0.5, 0.6) is 5.75 Å². The monoisotopic (exact) mass is 464 g/mol. The van der Waals surface area contributed by atoms with E-state index < -0.39 is 0 Å². The average Bonchev–Trinajstić information content (AvgIpc) is 3.49. The maximum Gasteiger partial charge on any atom is 0.289 e. The molecule has 1 aliphatic rings. The number of ether oxygens (including phenoxy) is 1. The molecule has 0 aliphatic carbocycles. The number of amides is 1. The summed E-state index contributed by atoms with van der Waals surface area (Å²) in [4.78, 5) is 34.3. The van der Waals surface area contributed by atoms with Crippen LogP contribution in [0.1, 0.15) is 27.6 Å². The number of hydrogen-bond acceptors (Lipinski definition) is 7. The van der Waals surface area contributed by atoms with Crippen LogP contribution in [0.4, 0.5) is 0 Å². The fourth-order valence-corrected chi connectivity index (χ4v) is 4.56. The molecule has 0 spiro atoms. The summed E-state index contributed by atoms with van der Waals surface area (Å²) in [5, 5.41) is 1.85. The fraction of sp³-hybridized carbons (Fsp3) is 0.292. The molecule has 0 atom stereocenters. The predicted octanol–water partition coefficient (Wildman–Crippen LogP) is 3.19. The molecule has 0 bridgehead atoms. The molecular formula is C24H24N4O4S. The van der Waals surface area contributed by atoms with Crippen molar-refractivity contribution in [3.63, 3.8) is 0 Å². The van der Waals surface area contributed by atoms with Crippen molar-refractivity contribution in [2.45, 2.75) is 20.1 Å². The van der Waals surface area contributed by atoms with Gasteiger partial charge in [0.05, 0.1) is 5.69 Å². The smallest absolute Gasteiger partial charge is 0.289 e. The molecule has 1 aromatic carbocycles. The van der Waals surface area contributed by atoms with Crippen molar-refractivity contribution in [1.29, 1.82) is 0 Å². The molecule has 1 fully saturated rings. The Hall–Kier alpha value is -3.43. The van der Waals surface area contributed by atoms with Crippen LogP contribution in [0.3, 0.4) is 0 Å². The van der Waals surface area contributed by atoms with E-state index in [2.05, 4.69) is 9.88 Å². The van der Waals surface area contributed by atoms with Crippen LogP contribution >= 0.6 is 11.3 Å². The van der Waals surface area contributed by atoms with Gasteiger partial charge in [0.15, 0.2) is 10.7 Å². The van der Waals surface area contributed by atoms with Crippen LogP contribution in [0.25, 0.3) is 4.96 Å². The van der Waals surface area contributed by atoms with E-state index in [9.17, 15) is 9.59 Å². The lowest BCUT2D eigenvalue weighted by atomic mass is 10.2. The van der Waals surface area contributed by atoms with Gasteiger partial charge in [0, 0.05) is 50.4 Å². The van der Waals surface area contributed by atoms with E-state index in [1.807, 2.05) is 36.6 Å². The molecule has 5 rings (SSSR count). The highest BCUT2D eigenvalue weighted by Gasteiger charge is 2.24. The zero-order chi connectivity index (χ0) is 22.8. The van der Waals surface area contributed by atoms with Crippen LogP contribution in [-0.2, 0) is 13.2 Å². The minimum Gasteiger partial charge on any atom is -0.486 e. The lowest BCUT2D eigenvalue weighted by molar-refractivity contribution is 0.0593. The molecule has 1 amide bonds. The average molecular weight is 465 g/mol. The van der Waals surface area contributed by atoms with E-state index in [-0.39, 0.29) is 18.1 Å². The lowest BCUT2D eigenvalue weighted by Crippen LogP contribution is -2.48. The second-order valence-electron chi connectivity index (χ2n) is 8.08. The first-order valence-corrected chi connectivity index (χ1v) is 11.7. The summed E-state index contributed by atoms with van der Waals surface area (Å²) in [5.74, 6) is 1.58. The summed E-state index contributed by atoms with van der Waals surface area (Å²) < 4.78 is 13.0. The van der Waals surface area contributed by atoms with Gasteiger partial charge in [0.1, 0.15) is 18.1 Å². The van der Waals surface area contributed by atoms with Gasteiger partial charge in [0.2, 0.25) is 0 Å². The number of piperazine rings is 1. The molecule has 170 valence electrons. The zero-order valence-corrected chi connectivity index (χ0v) is 19.1. The summed E-state index contributed by atoms with van der Waals surface area (Å²) in [6.45, 7) is 5.49. The summed E-state index contributed by atoms with van der Waals surface area (Å²) >= 11 is 1.45. The Morgan fingerprint density at radius 3 is 2.70 bits per heavy atom. The van der Waals surface area contributed by atoms with Crippen molar-refractivity contribution in [1.82, 2.24) is 19.2 Å². The predicted molar refractivity (Wildman–Crippen MR) is 125 cm³/mol. The second kappa shape index (κ2) is 9.21. The second-order valence-corrected chi connectivity index (χ2v) is 8.95. The van der Waals surface area contributed by atoms with Crippen LogP contribution in [0.2, 0.25) is 0 Å². The molecule has 4 aromatic rings. The molecule has 3 aromatic heterocycles. The van der Waals surface area contributed by atoms with E-state index >= 15 is 0 Å². The number of aromatic nitrogens is 2. The Labute approximate surface area is 194 Å². The number of hydrogen-bond donors (Lipinski definition) is 0. The highest BCUT2D eigenvalue weighted by Crippen LogP contribution is 2.17. The summed E-state index contributed by atoms with van der Waals surface area (Å²) in [6.07, 6.45) is 1.73. The Kier molecular flexibility index (Phi) is 5.97. The number of benzene rings is 1. The van der Waals surface area contributed by atoms with Gasteiger partial charge in [-0.05, 0) is 31.2 Å². The zero-order valence-electron chi connectivity index (χ0n) is 18.3. The highest BCUT2D eigenvalue weighted by molar-refractivity contribution is 7.15. The van der Waals surface area contributed by atoms with Crippen LogP contribution in [0.15, 0.2) is 63.3 Å². The number of carbonyl (C=O) groups excluding carboxylic acids is 1. The SMILES string of the molecule is Cc1ccc(OCc2ccc(C(=O)N3CCN(Cc4cc(=O)n5ccsc5n4)CC3)o2)cc1. The molecule has 0 unspecified atom stereocenters. The number of thiazole rings is 1. The minimum atomic E-state index is -0.118. The Morgan fingerprint density at radius 1 is 1.12 bits per heavy atom. The van der Waals surface area contributed by atoms with Gasteiger partial charge in [-0.3, -0.25) is 18.9 Å². The maximum atomic E-state index is 12.9. The third kappa shape index (κ3) is 4.84. The first-order valence-electron chi connectivity index (χ1n) is 10.8. The molecule has 33 heavy (non-hydrogen) atoms. The maximum absolute atomic E-state index is 12.9. The molecule has 4 heterocycles. The van der Waals surface area contributed by atoms with Crippen LogP contribution in [-0.4, -0.2) is 51.3 Å². The van der Waals surface area contributed by atoms with Gasteiger partial charge in [-0.25, -0.2) is 4.98 Å². The van der Waals surface area contributed by atoms with Gasteiger partial charge in [0.25, 0.3) is 11.5 Å². The third-order valence-electron chi connectivity index (χ3n) is 5.68. The van der Waals surface area contributed by atoms with Crippen molar-refractivity contribution in [2.24, 2.45) is 0 Å². The molecule has 1 saturated heterocycles. The van der Waals surface area contributed by atoms with Gasteiger partial charge >= 0.3 is 0 Å². The number of carbonyl (C=O) groups is 1. The van der Waals surface area contributed by atoms with Gasteiger partial charge in [-0.15, -0.1) is 11.3 Å². The molecule has 0 saturated carbocycles. The van der Waals surface area contributed by atoms with Gasteiger partial charge in [-0.2, -0.15) is 0 Å². The van der Waals surface area contributed by atoms with E-state index in [0.29, 0.717) is 49.2 Å². The van der Waals surface area contributed by atoms with Crippen molar-refractivity contribution in [2.75, 3.05) is 26.2 Å². The molecule has 0 N–H and O–H groups in total. The molecule has 9 heteroatoms. The standard InChI is InChI=1S/C24H24N4O4S/c1-17-2-4-19(5-3-17)31-16-20-6-7-21(32-20)23(30)27-10-8-26(9-11-27)15-18-14-22(29)28-12-13-33-24(28)25-18/h2-7,12-14H,8-11,15-16H2,1H3. The number of aryl methyl sites for hydroxylation is 1. The quantitative estimate of drug-likeness (QED) is 0.436. The lowest BCUT2D eigenvalue weighted by Gasteiger charge is -2.34. The van der Waals surface area contributed by atoms with E-state index in [4.69, 9.17) is 9.15 Å². The van der Waals surface area contributed by atoms with E-state index in [1.54, 1.807) is 33.7 Å². The number of fused-ring (bicyclic) bond motifs is 1. The van der Waals surface area contributed by atoms with E-state index in [0.717, 1.165) is 11.4 Å². The normalized spacial score (nSPS) is 14.6. The van der Waals surface area contributed by atoms with Crippen molar-refractivity contribution >= 4 is 22.2 Å². The number of rotatable bonds is 6. The van der Waals surface area contributed by atoms with Crippen molar-refractivity contribution in [3.05, 3.63) is 87.2 Å². The van der Waals surface area contributed by atoms with E-state index in [1.165, 1.54) is 16.9 Å². The number of nitrogens with zero attached hydrogens (tertiary/aromatic N) is 4. The summed E-state index contributed by atoms with van der Waals surface area (Å²) in [5.41, 5.74) is 1.86. The van der Waals surface area contributed by atoms with Crippen LogP contribution < -0.4 is 10.3 Å². The first kappa shape index (κ1) is 21.4. The molecule has 0 radical (unpaired) electrons. The summed E-state index contributed by atoms with van der Waals surface area (Å²) in [6, 6.07) is 12.9. The Morgan fingerprint density at radius 2 is 1.91 bits per heavy atom. The van der Waals surface area contributed by atoms with Gasteiger partial charge < -0.3 is 14.1 Å². The largest absolute Gasteiger partial charge is 0.486 e. The molecular weight excluding hydrogens is 440 g/mol. The van der Waals surface area contributed by atoms with Crippen molar-refractivity contribution < 1.29 is 13.9 Å². The third-order valence-corrected chi connectivity index (χ3v) is 6.43. The number of furan rings is 1. The minimum absolute atomic E-state index is 0.0648. The Balaban J connectivity index is 1.14.